The van der Waals surface area contributed by atoms with Crippen LogP contribution in [0.25, 0.3) is 5.69 Å². The zero-order chi connectivity index (χ0) is 24.4. The van der Waals surface area contributed by atoms with E-state index in [0.717, 1.165) is 33.8 Å². The Morgan fingerprint density at radius 3 is 2.44 bits per heavy atom. The number of hydrogen-bond donors (Lipinski definition) is 0. The van der Waals surface area contributed by atoms with Crippen molar-refractivity contribution in [1.29, 1.82) is 0 Å². The number of nitrogens with zero attached hydrogens (tertiary/aromatic N) is 5. The number of hydrogen-bond acceptors (Lipinski definition) is 5. The minimum Gasteiger partial charge on any atom is -0.461 e. The molecule has 0 fully saturated rings. The van der Waals surface area contributed by atoms with Gasteiger partial charge in [0.25, 0.3) is 0 Å². The highest BCUT2D eigenvalue weighted by Crippen LogP contribution is 2.17. The van der Waals surface area contributed by atoms with Crippen molar-refractivity contribution in [2.24, 2.45) is 0 Å². The van der Waals surface area contributed by atoms with Crippen LogP contribution in [-0.2, 0) is 17.8 Å². The van der Waals surface area contributed by atoms with Gasteiger partial charge in [-0.3, -0.25) is 9.25 Å². The first-order chi connectivity index (χ1) is 16.3. The summed E-state index contributed by atoms with van der Waals surface area (Å²) in [5.74, 6) is -2.79. The number of carbonyl (C=O) groups excluding carboxylic acids is 1. The summed E-state index contributed by atoms with van der Waals surface area (Å²) < 4.78 is 51.0. The topological polar surface area (TPSA) is 83.9 Å². The number of rotatable bonds is 7. The second-order valence-electron chi connectivity index (χ2n) is 7.48. The third-order valence-electron chi connectivity index (χ3n) is 5.11. The van der Waals surface area contributed by atoms with Crippen LogP contribution < -0.4 is 5.69 Å². The molecular formula is C23H20F3N5O3. The van der Waals surface area contributed by atoms with E-state index in [2.05, 4.69) is 10.2 Å². The fraction of sp³-hybridized carbons (Fsp3) is 0.217. The summed E-state index contributed by atoms with van der Waals surface area (Å²) in [5.41, 5.74) is 0.140. The number of halogens is 3. The van der Waals surface area contributed by atoms with Crippen LogP contribution in [0.1, 0.15) is 34.2 Å². The number of carbonyl (C=O) groups is 1. The van der Waals surface area contributed by atoms with Crippen molar-refractivity contribution < 1.29 is 22.7 Å². The molecule has 34 heavy (non-hydrogen) atoms. The highest BCUT2D eigenvalue weighted by atomic mass is 19.1. The molecule has 0 radical (unpaired) electrons. The maximum absolute atomic E-state index is 14.9. The van der Waals surface area contributed by atoms with Gasteiger partial charge in [0.15, 0.2) is 0 Å². The number of aromatic nitrogens is 5. The van der Waals surface area contributed by atoms with Crippen LogP contribution in [0.4, 0.5) is 13.2 Å². The molecule has 11 heteroatoms. The van der Waals surface area contributed by atoms with Gasteiger partial charge in [-0.25, -0.2) is 22.8 Å². The smallest absolute Gasteiger partial charge is 0.356 e. The molecule has 0 spiro atoms. The van der Waals surface area contributed by atoms with Crippen molar-refractivity contribution >= 4 is 5.97 Å². The zero-order valence-electron chi connectivity index (χ0n) is 18.3. The second kappa shape index (κ2) is 9.38. The standard InChI is InChI=1S/C23H20F3N5O3/c1-3-34-22(32)21-9-14(2)28-30(21)11-15-7-8-16(10-20(15)26)31-23(33)29(13-27-31)12-17-18(24)5-4-6-19(17)25/h4-10,13H,3,11-12H2,1-2H3. The lowest BCUT2D eigenvalue weighted by Gasteiger charge is -2.09. The second-order valence-corrected chi connectivity index (χ2v) is 7.48. The van der Waals surface area contributed by atoms with Gasteiger partial charge in [0.2, 0.25) is 0 Å². The fourth-order valence-electron chi connectivity index (χ4n) is 3.47. The van der Waals surface area contributed by atoms with Crippen LogP contribution in [0.15, 0.2) is 53.6 Å². The predicted octanol–water partition coefficient (Wildman–Crippen LogP) is 3.23. The summed E-state index contributed by atoms with van der Waals surface area (Å²) in [7, 11) is 0. The SMILES string of the molecule is CCOC(=O)c1cc(C)nn1Cc1ccc(-n2ncn(Cc3c(F)cccc3F)c2=O)cc1F. The number of ether oxygens (including phenoxy) is 1. The Labute approximate surface area is 191 Å². The first-order valence-corrected chi connectivity index (χ1v) is 10.4. The van der Waals surface area contributed by atoms with E-state index in [-0.39, 0.29) is 42.2 Å². The number of benzene rings is 2. The van der Waals surface area contributed by atoms with E-state index in [1.54, 1.807) is 19.9 Å². The van der Waals surface area contributed by atoms with Crippen molar-refractivity contribution in [1.82, 2.24) is 24.1 Å². The Bertz CT molecular complexity index is 1400. The summed E-state index contributed by atoms with van der Waals surface area (Å²) in [6, 6.07) is 8.99. The fourth-order valence-corrected chi connectivity index (χ4v) is 3.47. The van der Waals surface area contributed by atoms with Gasteiger partial charge in [0.05, 0.1) is 31.1 Å². The molecule has 0 unspecified atom stereocenters. The zero-order valence-corrected chi connectivity index (χ0v) is 18.3. The van der Waals surface area contributed by atoms with Gasteiger partial charge >= 0.3 is 11.7 Å². The quantitative estimate of drug-likeness (QED) is 0.387. The average molecular weight is 471 g/mol. The molecule has 0 bridgehead atoms. The van der Waals surface area contributed by atoms with Crippen molar-refractivity contribution in [3.8, 4) is 5.69 Å². The first-order valence-electron chi connectivity index (χ1n) is 10.4. The summed E-state index contributed by atoms with van der Waals surface area (Å²) >= 11 is 0. The van der Waals surface area contributed by atoms with Crippen LogP contribution in [0.5, 0.6) is 0 Å². The molecule has 0 aliphatic heterocycles. The third kappa shape index (κ3) is 4.49. The van der Waals surface area contributed by atoms with E-state index in [1.165, 1.54) is 22.9 Å². The summed E-state index contributed by atoms with van der Waals surface area (Å²) in [5, 5.41) is 8.15. The van der Waals surface area contributed by atoms with Crippen molar-refractivity contribution in [2.45, 2.75) is 26.9 Å². The van der Waals surface area contributed by atoms with Crippen molar-refractivity contribution in [2.75, 3.05) is 6.61 Å². The Morgan fingerprint density at radius 1 is 1.03 bits per heavy atom. The van der Waals surface area contributed by atoms with Gasteiger partial charge in [-0.05, 0) is 38.1 Å². The maximum atomic E-state index is 14.9. The number of aryl methyl sites for hydroxylation is 1. The molecule has 2 aromatic carbocycles. The van der Waals surface area contributed by atoms with Gasteiger partial charge in [-0.15, -0.1) is 0 Å². The van der Waals surface area contributed by atoms with E-state index in [1.807, 2.05) is 0 Å². The largest absolute Gasteiger partial charge is 0.461 e. The Kier molecular flexibility index (Phi) is 6.35. The first kappa shape index (κ1) is 23.0. The molecule has 0 saturated carbocycles. The molecule has 2 heterocycles. The minimum absolute atomic E-state index is 0.0377. The van der Waals surface area contributed by atoms with Crippen LogP contribution in [-0.4, -0.2) is 36.7 Å². The average Bonchev–Trinajstić information content (AvgIpc) is 3.34. The van der Waals surface area contributed by atoms with Crippen LogP contribution in [0.2, 0.25) is 0 Å². The monoisotopic (exact) mass is 471 g/mol. The molecule has 176 valence electrons. The molecule has 2 aromatic heterocycles. The van der Waals surface area contributed by atoms with Crippen LogP contribution >= 0.6 is 0 Å². The molecule has 0 aliphatic rings. The Morgan fingerprint density at radius 2 is 1.76 bits per heavy atom. The lowest BCUT2D eigenvalue weighted by Crippen LogP contribution is -2.25. The molecule has 0 saturated heterocycles. The highest BCUT2D eigenvalue weighted by molar-refractivity contribution is 5.87. The molecule has 8 nitrogen and oxygen atoms in total. The van der Waals surface area contributed by atoms with Crippen LogP contribution in [0.3, 0.4) is 0 Å². The van der Waals surface area contributed by atoms with Crippen molar-refractivity contribution in [3.63, 3.8) is 0 Å². The summed E-state index contributed by atoms with van der Waals surface area (Å²) in [6.07, 6.45) is 1.12. The lowest BCUT2D eigenvalue weighted by atomic mass is 10.2. The molecule has 0 amide bonds. The molecule has 4 aromatic rings. The normalized spacial score (nSPS) is 11.1. The molecular weight excluding hydrogens is 451 g/mol. The maximum Gasteiger partial charge on any atom is 0.356 e. The van der Waals surface area contributed by atoms with Gasteiger partial charge in [-0.2, -0.15) is 14.9 Å². The van der Waals surface area contributed by atoms with E-state index in [0.29, 0.717) is 5.69 Å². The van der Waals surface area contributed by atoms with Crippen molar-refractivity contribution in [3.05, 3.63) is 99.2 Å². The third-order valence-corrected chi connectivity index (χ3v) is 5.11. The molecule has 4 rings (SSSR count). The molecule has 0 aliphatic carbocycles. The number of esters is 1. The Balaban J connectivity index is 1.59. The van der Waals surface area contributed by atoms with Gasteiger partial charge < -0.3 is 4.74 Å². The molecule has 0 N–H and O–H groups in total. The van der Waals surface area contributed by atoms with E-state index in [4.69, 9.17) is 4.74 Å². The minimum atomic E-state index is -0.786. The summed E-state index contributed by atoms with van der Waals surface area (Å²) in [4.78, 5) is 24.8. The Hall–Kier alpha value is -4.15. The van der Waals surface area contributed by atoms with Crippen LogP contribution in [0, 0.1) is 24.4 Å². The van der Waals surface area contributed by atoms with E-state index >= 15 is 0 Å². The van der Waals surface area contributed by atoms with Gasteiger partial charge in [-0.1, -0.05) is 12.1 Å². The summed E-state index contributed by atoms with van der Waals surface area (Å²) in [6.45, 7) is 3.17. The highest BCUT2D eigenvalue weighted by Gasteiger charge is 2.18. The van der Waals surface area contributed by atoms with E-state index in [9.17, 15) is 22.8 Å². The lowest BCUT2D eigenvalue weighted by molar-refractivity contribution is 0.0512. The van der Waals surface area contributed by atoms with E-state index < -0.39 is 29.1 Å². The van der Waals surface area contributed by atoms with Gasteiger partial charge in [0.1, 0.15) is 29.5 Å². The molecule has 0 atom stereocenters. The predicted molar refractivity (Wildman–Crippen MR) is 115 cm³/mol. The van der Waals surface area contributed by atoms with Gasteiger partial charge in [0, 0.05) is 17.2 Å².